The molecule has 0 bridgehead atoms. The molecule has 1 atom stereocenters. The Balaban J connectivity index is 2.85. The molecule has 0 saturated heterocycles. The average molecular weight is 270 g/mol. The molecule has 0 saturated carbocycles. The van der Waals surface area contributed by atoms with Gasteiger partial charge in [-0.1, -0.05) is 0 Å². The van der Waals surface area contributed by atoms with Crippen molar-refractivity contribution < 1.29 is 19.0 Å². The molecule has 1 unspecified atom stereocenters. The molecule has 0 aliphatic rings. The maximum absolute atomic E-state index is 11.0. The molecule has 1 aromatic carbocycles. The van der Waals surface area contributed by atoms with E-state index >= 15 is 0 Å². The summed E-state index contributed by atoms with van der Waals surface area (Å²) >= 11 is 1.65. The standard InChI is InChI=1S/C13H18O4S/c1-9(15-2)11-7-10(5-6-12(11)18-4)17-8-13(14)16-3/h5-7,9H,8H2,1-4H3. The number of thioether (sulfide) groups is 1. The van der Waals surface area contributed by atoms with E-state index in [-0.39, 0.29) is 12.7 Å². The van der Waals surface area contributed by atoms with Crippen LogP contribution in [0.2, 0.25) is 0 Å². The molecule has 0 N–H and O–H groups in total. The normalized spacial score (nSPS) is 12.0. The van der Waals surface area contributed by atoms with Crippen LogP contribution >= 0.6 is 11.8 Å². The lowest BCUT2D eigenvalue weighted by Crippen LogP contribution is -2.12. The van der Waals surface area contributed by atoms with Crippen LogP contribution in [-0.4, -0.2) is 33.1 Å². The largest absolute Gasteiger partial charge is 0.482 e. The number of methoxy groups -OCH3 is 2. The molecule has 18 heavy (non-hydrogen) atoms. The summed E-state index contributed by atoms with van der Waals surface area (Å²) in [7, 11) is 3.00. The topological polar surface area (TPSA) is 44.8 Å². The number of hydrogen-bond donors (Lipinski definition) is 0. The van der Waals surface area contributed by atoms with Crippen LogP contribution < -0.4 is 4.74 Å². The lowest BCUT2D eigenvalue weighted by Gasteiger charge is -2.15. The van der Waals surface area contributed by atoms with Gasteiger partial charge in [0.15, 0.2) is 6.61 Å². The van der Waals surface area contributed by atoms with Crippen LogP contribution in [-0.2, 0) is 14.3 Å². The van der Waals surface area contributed by atoms with Crippen molar-refractivity contribution in [3.05, 3.63) is 23.8 Å². The molecule has 0 aromatic heterocycles. The average Bonchev–Trinajstić information content (AvgIpc) is 2.43. The molecule has 0 spiro atoms. The van der Waals surface area contributed by atoms with E-state index in [4.69, 9.17) is 9.47 Å². The van der Waals surface area contributed by atoms with Gasteiger partial charge in [0.25, 0.3) is 0 Å². The van der Waals surface area contributed by atoms with Gasteiger partial charge >= 0.3 is 5.97 Å². The van der Waals surface area contributed by atoms with Crippen molar-refractivity contribution >= 4 is 17.7 Å². The van der Waals surface area contributed by atoms with Crippen LogP contribution in [0, 0.1) is 0 Å². The van der Waals surface area contributed by atoms with Gasteiger partial charge in [-0.25, -0.2) is 4.79 Å². The second-order valence-corrected chi connectivity index (χ2v) is 4.49. The summed E-state index contributed by atoms with van der Waals surface area (Å²) in [5.41, 5.74) is 1.05. The van der Waals surface area contributed by atoms with Gasteiger partial charge in [0.2, 0.25) is 0 Å². The smallest absolute Gasteiger partial charge is 0.343 e. The van der Waals surface area contributed by atoms with Crippen molar-refractivity contribution in [1.82, 2.24) is 0 Å². The number of rotatable bonds is 6. The van der Waals surface area contributed by atoms with Crippen molar-refractivity contribution in [1.29, 1.82) is 0 Å². The van der Waals surface area contributed by atoms with Gasteiger partial charge in [-0.15, -0.1) is 11.8 Å². The highest BCUT2D eigenvalue weighted by Gasteiger charge is 2.11. The summed E-state index contributed by atoms with van der Waals surface area (Å²) in [4.78, 5) is 12.1. The van der Waals surface area contributed by atoms with E-state index in [1.165, 1.54) is 7.11 Å². The fourth-order valence-electron chi connectivity index (χ4n) is 1.45. The summed E-state index contributed by atoms with van der Waals surface area (Å²) < 4.78 is 15.2. The number of carbonyl (C=O) groups excluding carboxylic acids is 1. The van der Waals surface area contributed by atoms with E-state index in [1.54, 1.807) is 18.9 Å². The third-order valence-electron chi connectivity index (χ3n) is 2.58. The van der Waals surface area contributed by atoms with Crippen LogP contribution in [0.15, 0.2) is 23.1 Å². The van der Waals surface area contributed by atoms with Crippen LogP contribution in [0.1, 0.15) is 18.6 Å². The fourth-order valence-corrected chi connectivity index (χ4v) is 2.11. The van der Waals surface area contributed by atoms with Crippen LogP contribution in [0.25, 0.3) is 0 Å². The molecule has 0 heterocycles. The van der Waals surface area contributed by atoms with Crippen molar-refractivity contribution in [3.63, 3.8) is 0 Å². The van der Waals surface area contributed by atoms with E-state index in [9.17, 15) is 4.79 Å². The van der Waals surface area contributed by atoms with Crippen molar-refractivity contribution in [2.24, 2.45) is 0 Å². The quantitative estimate of drug-likeness (QED) is 0.587. The van der Waals surface area contributed by atoms with Gasteiger partial charge in [0.05, 0.1) is 13.2 Å². The number of esters is 1. The van der Waals surface area contributed by atoms with Crippen molar-refractivity contribution in [3.8, 4) is 5.75 Å². The first kappa shape index (κ1) is 14.9. The zero-order chi connectivity index (χ0) is 13.5. The Hall–Kier alpha value is -1.20. The molecule has 5 heteroatoms. The van der Waals surface area contributed by atoms with Crippen molar-refractivity contribution in [2.75, 3.05) is 27.1 Å². The second-order valence-electron chi connectivity index (χ2n) is 3.65. The minimum absolute atomic E-state index is 0.0193. The predicted octanol–water partition coefficient (Wildman–Crippen LogP) is 2.67. The summed E-state index contributed by atoms with van der Waals surface area (Å²) in [5, 5.41) is 0. The Morgan fingerprint density at radius 1 is 1.39 bits per heavy atom. The highest BCUT2D eigenvalue weighted by atomic mass is 32.2. The summed E-state index contributed by atoms with van der Waals surface area (Å²) in [6, 6.07) is 5.69. The third-order valence-corrected chi connectivity index (χ3v) is 3.39. The molecule has 0 radical (unpaired) electrons. The molecule has 1 aromatic rings. The number of carbonyl (C=O) groups is 1. The summed E-state index contributed by atoms with van der Waals surface area (Å²) in [5.74, 6) is 0.238. The zero-order valence-corrected chi connectivity index (χ0v) is 11.9. The van der Waals surface area contributed by atoms with E-state index in [0.29, 0.717) is 5.75 Å². The maximum Gasteiger partial charge on any atom is 0.343 e. The van der Waals surface area contributed by atoms with Gasteiger partial charge in [-0.3, -0.25) is 0 Å². The number of ether oxygens (including phenoxy) is 3. The molecule has 4 nitrogen and oxygen atoms in total. The predicted molar refractivity (Wildman–Crippen MR) is 71.2 cm³/mol. The Morgan fingerprint density at radius 3 is 2.67 bits per heavy atom. The van der Waals surface area contributed by atoms with Crippen LogP contribution in [0.5, 0.6) is 5.75 Å². The molecule has 0 amide bonds. The first-order valence-corrected chi connectivity index (χ1v) is 6.75. The van der Waals surface area contributed by atoms with E-state index in [1.807, 2.05) is 31.4 Å². The highest BCUT2D eigenvalue weighted by Crippen LogP contribution is 2.31. The number of benzene rings is 1. The fraction of sp³-hybridized carbons (Fsp3) is 0.462. The van der Waals surface area contributed by atoms with E-state index < -0.39 is 5.97 Å². The molecular weight excluding hydrogens is 252 g/mol. The molecule has 100 valence electrons. The Labute approximate surface area is 112 Å². The summed E-state index contributed by atoms with van der Waals surface area (Å²) in [6.45, 7) is 1.88. The Bertz CT molecular complexity index is 406. The Morgan fingerprint density at radius 2 is 2.11 bits per heavy atom. The van der Waals surface area contributed by atoms with Gasteiger partial charge < -0.3 is 14.2 Å². The number of hydrogen-bond acceptors (Lipinski definition) is 5. The van der Waals surface area contributed by atoms with Crippen LogP contribution in [0.4, 0.5) is 0 Å². The molecule has 0 fully saturated rings. The van der Waals surface area contributed by atoms with Crippen LogP contribution in [0.3, 0.4) is 0 Å². The molecule has 0 aliphatic heterocycles. The molecule has 0 aliphatic carbocycles. The first-order chi connectivity index (χ1) is 8.62. The van der Waals surface area contributed by atoms with Gasteiger partial charge in [0.1, 0.15) is 5.75 Å². The SMILES string of the molecule is COC(=O)COc1ccc(SC)c(C(C)OC)c1. The first-order valence-electron chi connectivity index (χ1n) is 5.52. The van der Waals surface area contributed by atoms with Gasteiger partial charge in [0, 0.05) is 12.0 Å². The third kappa shape index (κ3) is 3.92. The van der Waals surface area contributed by atoms with Gasteiger partial charge in [-0.2, -0.15) is 0 Å². The maximum atomic E-state index is 11.0. The molecule has 1 rings (SSSR count). The van der Waals surface area contributed by atoms with Gasteiger partial charge in [-0.05, 0) is 36.9 Å². The van der Waals surface area contributed by atoms with Crippen molar-refractivity contribution in [2.45, 2.75) is 17.9 Å². The lowest BCUT2D eigenvalue weighted by atomic mass is 10.1. The minimum atomic E-state index is -0.398. The lowest BCUT2D eigenvalue weighted by molar-refractivity contribution is -0.142. The summed E-state index contributed by atoms with van der Waals surface area (Å²) in [6.07, 6.45) is 1.99. The minimum Gasteiger partial charge on any atom is -0.482 e. The van der Waals surface area contributed by atoms with E-state index in [2.05, 4.69) is 4.74 Å². The monoisotopic (exact) mass is 270 g/mol. The zero-order valence-electron chi connectivity index (χ0n) is 11.1. The second kappa shape index (κ2) is 7.28. The highest BCUT2D eigenvalue weighted by molar-refractivity contribution is 7.98. The van der Waals surface area contributed by atoms with E-state index in [0.717, 1.165) is 10.5 Å². The Kier molecular flexibility index (Phi) is 6.01. The molecular formula is C13H18O4S.